The van der Waals surface area contributed by atoms with Gasteiger partial charge in [0, 0.05) is 7.05 Å². The Bertz CT molecular complexity index is 830. The predicted octanol–water partition coefficient (Wildman–Crippen LogP) is 1.42. The maximum atomic E-state index is 12.4. The van der Waals surface area contributed by atoms with Crippen LogP contribution >= 0.6 is 11.8 Å². The van der Waals surface area contributed by atoms with E-state index in [2.05, 4.69) is 14.9 Å². The van der Waals surface area contributed by atoms with Gasteiger partial charge in [-0.05, 0) is 38.0 Å². The monoisotopic (exact) mass is 354 g/mol. The standard InChI is InChI=1S/C14H18N4O3S2/c1-9-5-6-10(2)12(7-9)23(20,21)17-13(19)11(3)22-14-16-15-8-18(14)4/h5-8,11H,1-4H3,(H,17,19). The van der Waals surface area contributed by atoms with Crippen molar-refractivity contribution in [3.8, 4) is 0 Å². The van der Waals surface area contributed by atoms with Gasteiger partial charge in [0.2, 0.25) is 5.91 Å². The van der Waals surface area contributed by atoms with E-state index >= 15 is 0 Å². The van der Waals surface area contributed by atoms with Crippen LogP contribution in [0.2, 0.25) is 0 Å². The molecule has 0 aliphatic rings. The van der Waals surface area contributed by atoms with Crippen LogP contribution in [0.4, 0.5) is 0 Å². The van der Waals surface area contributed by atoms with E-state index in [0.717, 1.165) is 17.3 Å². The van der Waals surface area contributed by atoms with Gasteiger partial charge in [0.15, 0.2) is 5.16 Å². The molecule has 23 heavy (non-hydrogen) atoms. The zero-order valence-corrected chi connectivity index (χ0v) is 14.9. The third kappa shape index (κ3) is 4.11. The molecule has 1 unspecified atom stereocenters. The number of benzene rings is 1. The third-order valence-electron chi connectivity index (χ3n) is 3.19. The molecule has 7 nitrogen and oxygen atoms in total. The zero-order chi connectivity index (χ0) is 17.2. The molecule has 1 aromatic heterocycles. The molecule has 1 aromatic carbocycles. The molecule has 1 heterocycles. The first-order chi connectivity index (χ1) is 10.7. The fraction of sp³-hybridized carbons (Fsp3) is 0.357. The normalized spacial score (nSPS) is 12.9. The summed E-state index contributed by atoms with van der Waals surface area (Å²) in [6.45, 7) is 5.11. The maximum absolute atomic E-state index is 12.4. The maximum Gasteiger partial charge on any atom is 0.264 e. The Morgan fingerprint density at radius 2 is 2.04 bits per heavy atom. The third-order valence-corrected chi connectivity index (χ3v) is 5.83. The Morgan fingerprint density at radius 3 is 2.65 bits per heavy atom. The lowest BCUT2D eigenvalue weighted by atomic mass is 10.2. The summed E-state index contributed by atoms with van der Waals surface area (Å²) in [5.74, 6) is -0.598. The van der Waals surface area contributed by atoms with Crippen molar-refractivity contribution in [2.24, 2.45) is 7.05 Å². The van der Waals surface area contributed by atoms with Crippen LogP contribution in [-0.4, -0.2) is 34.3 Å². The number of amides is 1. The molecule has 1 atom stereocenters. The van der Waals surface area contributed by atoms with Crippen LogP contribution in [0.15, 0.2) is 34.6 Å². The largest absolute Gasteiger partial charge is 0.312 e. The van der Waals surface area contributed by atoms with Crippen molar-refractivity contribution in [2.75, 3.05) is 0 Å². The van der Waals surface area contributed by atoms with Crippen molar-refractivity contribution >= 4 is 27.7 Å². The molecular weight excluding hydrogens is 336 g/mol. The predicted molar refractivity (Wildman–Crippen MR) is 87.6 cm³/mol. The number of nitrogens with zero attached hydrogens (tertiary/aromatic N) is 3. The molecule has 0 saturated heterocycles. The number of carbonyl (C=O) groups is 1. The summed E-state index contributed by atoms with van der Waals surface area (Å²) in [6, 6.07) is 5.08. The molecule has 9 heteroatoms. The van der Waals surface area contributed by atoms with E-state index in [1.165, 1.54) is 6.33 Å². The summed E-state index contributed by atoms with van der Waals surface area (Å²) in [4.78, 5) is 12.3. The molecule has 1 amide bonds. The van der Waals surface area contributed by atoms with Gasteiger partial charge in [0.25, 0.3) is 10.0 Å². The Hall–Kier alpha value is -1.87. The van der Waals surface area contributed by atoms with Crippen LogP contribution in [-0.2, 0) is 21.9 Å². The van der Waals surface area contributed by atoms with Gasteiger partial charge in [-0.1, -0.05) is 23.9 Å². The van der Waals surface area contributed by atoms with Crippen molar-refractivity contribution in [3.63, 3.8) is 0 Å². The Kier molecular flexibility index (Phi) is 5.10. The highest BCUT2D eigenvalue weighted by atomic mass is 32.2. The van der Waals surface area contributed by atoms with Crippen molar-refractivity contribution in [1.82, 2.24) is 19.5 Å². The van der Waals surface area contributed by atoms with E-state index in [1.807, 2.05) is 6.07 Å². The first-order valence-electron chi connectivity index (χ1n) is 6.85. The lowest BCUT2D eigenvalue weighted by Crippen LogP contribution is -2.36. The number of sulfonamides is 1. The first kappa shape index (κ1) is 17.5. The highest BCUT2D eigenvalue weighted by Crippen LogP contribution is 2.21. The minimum atomic E-state index is -3.90. The second-order valence-electron chi connectivity index (χ2n) is 5.22. The fourth-order valence-electron chi connectivity index (χ4n) is 1.86. The van der Waals surface area contributed by atoms with Gasteiger partial charge in [0.05, 0.1) is 10.1 Å². The molecule has 2 rings (SSSR count). The number of carbonyl (C=O) groups excluding carboxylic acids is 1. The van der Waals surface area contributed by atoms with Gasteiger partial charge in [0.1, 0.15) is 6.33 Å². The Balaban J connectivity index is 2.15. The average molecular weight is 354 g/mol. The molecule has 0 radical (unpaired) electrons. The lowest BCUT2D eigenvalue weighted by Gasteiger charge is -2.13. The van der Waals surface area contributed by atoms with Crippen molar-refractivity contribution in [1.29, 1.82) is 0 Å². The topological polar surface area (TPSA) is 93.9 Å². The van der Waals surface area contributed by atoms with Crippen LogP contribution < -0.4 is 4.72 Å². The molecule has 0 saturated carbocycles. The summed E-state index contributed by atoms with van der Waals surface area (Å²) < 4.78 is 28.6. The van der Waals surface area contributed by atoms with Crippen LogP contribution in [0.5, 0.6) is 0 Å². The number of nitrogens with one attached hydrogen (secondary N) is 1. The minimum absolute atomic E-state index is 0.113. The number of hydrogen-bond acceptors (Lipinski definition) is 6. The molecule has 2 aromatic rings. The van der Waals surface area contributed by atoms with E-state index in [9.17, 15) is 13.2 Å². The highest BCUT2D eigenvalue weighted by molar-refractivity contribution is 8.00. The molecule has 124 valence electrons. The fourth-order valence-corrected chi connectivity index (χ4v) is 4.11. The van der Waals surface area contributed by atoms with Crippen LogP contribution in [0, 0.1) is 13.8 Å². The number of aryl methyl sites for hydroxylation is 3. The van der Waals surface area contributed by atoms with Gasteiger partial charge in [-0.2, -0.15) is 0 Å². The lowest BCUT2D eigenvalue weighted by molar-refractivity contribution is -0.118. The highest BCUT2D eigenvalue weighted by Gasteiger charge is 2.24. The SMILES string of the molecule is Cc1ccc(C)c(S(=O)(=O)NC(=O)C(C)Sc2nncn2C)c1. The van der Waals surface area contributed by atoms with Gasteiger partial charge >= 0.3 is 0 Å². The second-order valence-corrected chi connectivity index (χ2v) is 8.18. The number of thioether (sulfide) groups is 1. The van der Waals surface area contributed by atoms with E-state index in [-0.39, 0.29) is 4.90 Å². The van der Waals surface area contributed by atoms with Crippen LogP contribution in [0.3, 0.4) is 0 Å². The number of hydrogen-bond donors (Lipinski definition) is 1. The molecule has 1 N–H and O–H groups in total. The summed E-state index contributed by atoms with van der Waals surface area (Å²) in [5.41, 5.74) is 1.40. The smallest absolute Gasteiger partial charge is 0.264 e. The summed E-state index contributed by atoms with van der Waals surface area (Å²) >= 11 is 1.14. The zero-order valence-electron chi connectivity index (χ0n) is 13.3. The summed E-state index contributed by atoms with van der Waals surface area (Å²) in [7, 11) is -2.15. The minimum Gasteiger partial charge on any atom is -0.312 e. The molecule has 0 aliphatic carbocycles. The average Bonchev–Trinajstić information content (AvgIpc) is 2.86. The number of aromatic nitrogens is 3. The van der Waals surface area contributed by atoms with Gasteiger partial charge in [-0.25, -0.2) is 13.1 Å². The molecule has 0 spiro atoms. The second kappa shape index (κ2) is 6.71. The van der Waals surface area contributed by atoms with Crippen LogP contribution in [0.25, 0.3) is 0 Å². The van der Waals surface area contributed by atoms with Crippen molar-refractivity contribution in [3.05, 3.63) is 35.7 Å². The van der Waals surface area contributed by atoms with Crippen molar-refractivity contribution < 1.29 is 13.2 Å². The quantitative estimate of drug-likeness (QED) is 0.816. The van der Waals surface area contributed by atoms with Crippen molar-refractivity contribution in [2.45, 2.75) is 36.1 Å². The van der Waals surface area contributed by atoms with Gasteiger partial charge in [-0.3, -0.25) is 4.79 Å². The van der Waals surface area contributed by atoms with Gasteiger partial charge < -0.3 is 4.57 Å². The summed E-state index contributed by atoms with van der Waals surface area (Å²) in [6.07, 6.45) is 1.51. The summed E-state index contributed by atoms with van der Waals surface area (Å²) in [5, 5.41) is 7.50. The first-order valence-corrected chi connectivity index (χ1v) is 9.21. The van der Waals surface area contributed by atoms with E-state index in [1.54, 1.807) is 44.5 Å². The molecular formula is C14H18N4O3S2. The van der Waals surface area contributed by atoms with E-state index in [4.69, 9.17) is 0 Å². The molecule has 0 aliphatic heterocycles. The van der Waals surface area contributed by atoms with E-state index in [0.29, 0.717) is 10.7 Å². The molecule has 0 fully saturated rings. The molecule has 0 bridgehead atoms. The van der Waals surface area contributed by atoms with E-state index < -0.39 is 21.2 Å². The Morgan fingerprint density at radius 1 is 1.35 bits per heavy atom. The van der Waals surface area contributed by atoms with Crippen LogP contribution in [0.1, 0.15) is 18.1 Å². The van der Waals surface area contributed by atoms with Gasteiger partial charge in [-0.15, -0.1) is 10.2 Å². The number of rotatable bonds is 5. The Labute approximate surface area is 139 Å².